The third-order valence-corrected chi connectivity index (χ3v) is 3.58. The minimum absolute atomic E-state index is 0.817. The van der Waals surface area contributed by atoms with Crippen molar-refractivity contribution in [2.24, 2.45) is 0 Å². The molecule has 3 rings (SSSR count). The first kappa shape index (κ1) is 12.2. The molecule has 0 unspecified atom stereocenters. The molecule has 1 aliphatic rings. The largest absolute Gasteiger partial charge is 0.493 e. The summed E-state index contributed by atoms with van der Waals surface area (Å²) in [5, 5.41) is 3.40. The van der Waals surface area contributed by atoms with Crippen LogP contribution in [0.1, 0.15) is 18.1 Å². The molecule has 0 aliphatic carbocycles. The van der Waals surface area contributed by atoms with Crippen molar-refractivity contribution in [3.8, 4) is 16.9 Å². The quantitative estimate of drug-likeness (QED) is 0.901. The van der Waals surface area contributed by atoms with E-state index in [-0.39, 0.29) is 0 Å². The van der Waals surface area contributed by atoms with Crippen molar-refractivity contribution < 1.29 is 4.74 Å². The van der Waals surface area contributed by atoms with E-state index in [1.807, 2.05) is 0 Å². The highest BCUT2D eigenvalue weighted by molar-refractivity contribution is 5.69. The summed E-state index contributed by atoms with van der Waals surface area (Å²) >= 11 is 0. The van der Waals surface area contributed by atoms with Crippen LogP contribution < -0.4 is 10.1 Å². The normalized spacial score (nSPS) is 13.1. The molecule has 2 aromatic rings. The molecular formula is C17H19NO. The summed E-state index contributed by atoms with van der Waals surface area (Å²) in [5.74, 6) is 1.05. The first-order valence-corrected chi connectivity index (χ1v) is 6.93. The lowest BCUT2D eigenvalue weighted by Gasteiger charge is -2.11. The average Bonchev–Trinajstić information content (AvgIpc) is 2.92. The highest BCUT2D eigenvalue weighted by atomic mass is 16.5. The van der Waals surface area contributed by atoms with Crippen LogP contribution in [0.15, 0.2) is 42.5 Å². The van der Waals surface area contributed by atoms with Gasteiger partial charge >= 0.3 is 0 Å². The fourth-order valence-corrected chi connectivity index (χ4v) is 2.57. The van der Waals surface area contributed by atoms with Gasteiger partial charge in [0.15, 0.2) is 0 Å². The number of rotatable bonds is 4. The molecule has 19 heavy (non-hydrogen) atoms. The highest BCUT2D eigenvalue weighted by Crippen LogP contribution is 2.31. The van der Waals surface area contributed by atoms with E-state index in [0.29, 0.717) is 0 Å². The summed E-state index contributed by atoms with van der Waals surface area (Å²) in [6, 6.07) is 15.1. The van der Waals surface area contributed by atoms with Crippen molar-refractivity contribution in [3.05, 3.63) is 53.6 Å². The standard InChI is InChI=1S/C17H19NO/c1-2-18-12-15-5-3-4-6-16(15)13-7-8-17-14(11-13)9-10-19-17/h3-8,11,18H,2,9-10,12H2,1H3. The molecule has 0 aromatic heterocycles. The van der Waals surface area contributed by atoms with E-state index >= 15 is 0 Å². The monoisotopic (exact) mass is 253 g/mol. The summed E-state index contributed by atoms with van der Waals surface area (Å²) in [7, 11) is 0. The van der Waals surface area contributed by atoms with E-state index in [1.54, 1.807) is 0 Å². The summed E-state index contributed by atoms with van der Waals surface area (Å²) < 4.78 is 5.57. The fourth-order valence-electron chi connectivity index (χ4n) is 2.57. The number of hydrogen-bond donors (Lipinski definition) is 1. The predicted octanol–water partition coefficient (Wildman–Crippen LogP) is 3.40. The van der Waals surface area contributed by atoms with Crippen molar-refractivity contribution in [1.29, 1.82) is 0 Å². The van der Waals surface area contributed by atoms with Crippen LogP contribution in [-0.2, 0) is 13.0 Å². The average molecular weight is 253 g/mol. The van der Waals surface area contributed by atoms with Gasteiger partial charge in [0.25, 0.3) is 0 Å². The molecule has 0 atom stereocenters. The highest BCUT2D eigenvalue weighted by Gasteiger charge is 2.13. The van der Waals surface area contributed by atoms with Crippen molar-refractivity contribution in [2.75, 3.05) is 13.2 Å². The van der Waals surface area contributed by atoms with E-state index in [4.69, 9.17) is 4.74 Å². The van der Waals surface area contributed by atoms with E-state index in [0.717, 1.165) is 31.9 Å². The second kappa shape index (κ2) is 5.45. The molecule has 0 fully saturated rings. The Kier molecular flexibility index (Phi) is 3.51. The van der Waals surface area contributed by atoms with Gasteiger partial charge in [-0.3, -0.25) is 0 Å². The van der Waals surface area contributed by atoms with E-state index < -0.39 is 0 Å². The van der Waals surface area contributed by atoms with Crippen LogP contribution in [0.25, 0.3) is 11.1 Å². The minimum atomic E-state index is 0.817. The van der Waals surface area contributed by atoms with Gasteiger partial charge in [0.2, 0.25) is 0 Å². The lowest BCUT2D eigenvalue weighted by molar-refractivity contribution is 0.357. The second-order valence-electron chi connectivity index (χ2n) is 4.86. The van der Waals surface area contributed by atoms with E-state index in [1.165, 1.54) is 22.3 Å². The number of benzene rings is 2. The minimum Gasteiger partial charge on any atom is -0.493 e. The maximum absolute atomic E-state index is 5.57. The molecule has 2 nitrogen and oxygen atoms in total. The summed E-state index contributed by atoms with van der Waals surface area (Å²) in [6.07, 6.45) is 1.03. The molecule has 0 bridgehead atoms. The number of fused-ring (bicyclic) bond motifs is 1. The molecule has 0 radical (unpaired) electrons. The SMILES string of the molecule is CCNCc1ccccc1-c1ccc2c(c1)CCO2. The van der Waals surface area contributed by atoms with Crippen LogP contribution in [0, 0.1) is 0 Å². The van der Waals surface area contributed by atoms with Crippen LogP contribution in [0.2, 0.25) is 0 Å². The van der Waals surface area contributed by atoms with Gasteiger partial charge < -0.3 is 10.1 Å². The topological polar surface area (TPSA) is 21.3 Å². The third kappa shape index (κ3) is 2.49. The van der Waals surface area contributed by atoms with Crippen molar-refractivity contribution in [3.63, 3.8) is 0 Å². The lowest BCUT2D eigenvalue weighted by Crippen LogP contribution is -2.12. The molecule has 98 valence electrons. The Hall–Kier alpha value is -1.80. The Morgan fingerprint density at radius 2 is 2.05 bits per heavy atom. The Balaban J connectivity index is 1.97. The van der Waals surface area contributed by atoms with E-state index in [2.05, 4.69) is 54.7 Å². The molecule has 0 saturated heterocycles. The fraction of sp³-hybridized carbons (Fsp3) is 0.294. The van der Waals surface area contributed by atoms with Crippen LogP contribution in [0.3, 0.4) is 0 Å². The van der Waals surface area contributed by atoms with Gasteiger partial charge in [-0.25, -0.2) is 0 Å². The molecule has 2 aromatic carbocycles. The zero-order chi connectivity index (χ0) is 13.1. The first-order valence-electron chi connectivity index (χ1n) is 6.93. The van der Waals surface area contributed by atoms with Crippen LogP contribution in [0.4, 0.5) is 0 Å². The van der Waals surface area contributed by atoms with Crippen LogP contribution in [0.5, 0.6) is 5.75 Å². The van der Waals surface area contributed by atoms with Gasteiger partial charge in [-0.15, -0.1) is 0 Å². The number of ether oxygens (including phenoxy) is 1. The van der Waals surface area contributed by atoms with E-state index in [9.17, 15) is 0 Å². The molecule has 0 saturated carbocycles. The summed E-state index contributed by atoms with van der Waals surface area (Å²) in [5.41, 5.74) is 5.29. The van der Waals surface area contributed by atoms with Crippen LogP contribution >= 0.6 is 0 Å². The Labute approximate surface area is 114 Å². The Morgan fingerprint density at radius 3 is 2.95 bits per heavy atom. The smallest absolute Gasteiger partial charge is 0.122 e. The van der Waals surface area contributed by atoms with Crippen molar-refractivity contribution >= 4 is 0 Å². The van der Waals surface area contributed by atoms with Crippen molar-refractivity contribution in [1.82, 2.24) is 5.32 Å². The molecule has 2 heteroatoms. The molecule has 0 spiro atoms. The summed E-state index contributed by atoms with van der Waals surface area (Å²) in [4.78, 5) is 0. The zero-order valence-electron chi connectivity index (χ0n) is 11.3. The number of hydrogen-bond acceptors (Lipinski definition) is 2. The Morgan fingerprint density at radius 1 is 1.16 bits per heavy atom. The van der Waals surface area contributed by atoms with Gasteiger partial charge in [-0.05, 0) is 40.9 Å². The van der Waals surface area contributed by atoms with Gasteiger partial charge in [0.1, 0.15) is 5.75 Å². The Bertz CT molecular complexity index is 577. The van der Waals surface area contributed by atoms with Crippen LogP contribution in [-0.4, -0.2) is 13.2 Å². The zero-order valence-corrected chi connectivity index (χ0v) is 11.3. The molecule has 1 aliphatic heterocycles. The van der Waals surface area contributed by atoms with Gasteiger partial charge in [-0.2, -0.15) is 0 Å². The second-order valence-corrected chi connectivity index (χ2v) is 4.86. The lowest BCUT2D eigenvalue weighted by atomic mass is 9.97. The van der Waals surface area contributed by atoms with Gasteiger partial charge in [0.05, 0.1) is 6.61 Å². The first-order chi connectivity index (χ1) is 9.38. The molecule has 0 amide bonds. The maximum atomic E-state index is 5.57. The third-order valence-electron chi connectivity index (χ3n) is 3.58. The molecule has 1 heterocycles. The maximum Gasteiger partial charge on any atom is 0.122 e. The van der Waals surface area contributed by atoms with Crippen molar-refractivity contribution in [2.45, 2.75) is 19.9 Å². The number of nitrogens with one attached hydrogen (secondary N) is 1. The molecular weight excluding hydrogens is 234 g/mol. The summed E-state index contributed by atoms with van der Waals surface area (Å²) in [6.45, 7) is 4.86. The van der Waals surface area contributed by atoms with Gasteiger partial charge in [0, 0.05) is 13.0 Å². The van der Waals surface area contributed by atoms with Gasteiger partial charge in [-0.1, -0.05) is 37.3 Å². The molecule has 1 N–H and O–H groups in total. The predicted molar refractivity (Wildman–Crippen MR) is 78.5 cm³/mol.